The van der Waals surface area contributed by atoms with E-state index in [1.54, 1.807) is 6.07 Å². The normalized spacial score (nSPS) is 10.9. The van der Waals surface area contributed by atoms with Gasteiger partial charge in [-0.15, -0.1) is 0 Å². The van der Waals surface area contributed by atoms with Crippen LogP contribution in [0.1, 0.15) is 0 Å². The number of anilines is 1. The Labute approximate surface area is 103 Å². The van der Waals surface area contributed by atoms with E-state index >= 15 is 0 Å². The molecule has 88 valence electrons. The molecule has 0 amide bonds. The molecule has 5 nitrogen and oxygen atoms in total. The second-order valence-corrected chi connectivity index (χ2v) is 3.55. The number of carboxylic acids is 1. The van der Waals surface area contributed by atoms with Crippen LogP contribution >= 0.6 is 0 Å². The maximum Gasteiger partial charge on any atom is 0.367 e. The highest BCUT2D eigenvalue weighted by molar-refractivity contribution is 6.42. The van der Waals surface area contributed by atoms with E-state index in [2.05, 4.69) is 10.5 Å². The maximum absolute atomic E-state index is 10.6. The molecule has 2 N–H and O–H groups in total. The summed E-state index contributed by atoms with van der Waals surface area (Å²) in [6.45, 7) is 0. The molecule has 2 aromatic rings. The first-order valence-electron chi connectivity index (χ1n) is 5.16. The molecule has 0 bridgehead atoms. The number of carboxylic acid groups (broad SMARTS) is 1. The van der Waals surface area contributed by atoms with Crippen molar-refractivity contribution < 1.29 is 9.90 Å². The van der Waals surface area contributed by atoms with Crippen LogP contribution in [0.15, 0.2) is 47.6 Å². The minimum Gasteiger partial charge on any atom is -0.476 e. The van der Waals surface area contributed by atoms with Gasteiger partial charge in [-0.05, 0) is 22.9 Å². The highest BCUT2D eigenvalue weighted by Gasteiger charge is 2.07. The van der Waals surface area contributed by atoms with Gasteiger partial charge in [0.25, 0.3) is 0 Å². The molecule has 0 heterocycles. The van der Waals surface area contributed by atoms with Crippen molar-refractivity contribution in [2.75, 3.05) is 5.43 Å². The molecule has 0 spiro atoms. The molecule has 0 saturated carbocycles. The van der Waals surface area contributed by atoms with Crippen LogP contribution in [-0.2, 0) is 4.79 Å². The van der Waals surface area contributed by atoms with Crippen LogP contribution in [0.3, 0.4) is 0 Å². The van der Waals surface area contributed by atoms with E-state index < -0.39 is 11.7 Å². The summed E-state index contributed by atoms with van der Waals surface area (Å²) in [7, 11) is 0. The third kappa shape index (κ3) is 2.44. The number of rotatable bonds is 3. The van der Waals surface area contributed by atoms with Crippen LogP contribution in [-0.4, -0.2) is 16.8 Å². The standard InChI is InChI=1S/C13H9N3O2/c14-8-12(13(17)18)16-15-11-6-5-9-3-1-2-4-10(9)7-11/h1-7,15H,(H,17,18)/b16-12+. The van der Waals surface area contributed by atoms with E-state index in [1.807, 2.05) is 36.4 Å². The summed E-state index contributed by atoms with van der Waals surface area (Å²) in [4.78, 5) is 10.6. The Kier molecular flexibility index (Phi) is 3.21. The Morgan fingerprint density at radius 1 is 1.22 bits per heavy atom. The molecule has 2 aromatic carbocycles. The van der Waals surface area contributed by atoms with E-state index in [1.165, 1.54) is 6.07 Å². The maximum atomic E-state index is 10.6. The van der Waals surface area contributed by atoms with Crippen molar-refractivity contribution in [3.05, 3.63) is 42.5 Å². The molecule has 0 aliphatic carbocycles. The lowest BCUT2D eigenvalue weighted by Crippen LogP contribution is -2.12. The highest BCUT2D eigenvalue weighted by atomic mass is 16.4. The Morgan fingerprint density at radius 3 is 2.61 bits per heavy atom. The largest absolute Gasteiger partial charge is 0.476 e. The van der Waals surface area contributed by atoms with Gasteiger partial charge in [-0.1, -0.05) is 30.3 Å². The zero-order chi connectivity index (χ0) is 13.0. The fourth-order valence-electron chi connectivity index (χ4n) is 1.50. The molecule has 5 heteroatoms. The Bertz CT molecular complexity index is 671. The zero-order valence-electron chi connectivity index (χ0n) is 9.29. The van der Waals surface area contributed by atoms with Crippen molar-refractivity contribution in [2.45, 2.75) is 0 Å². The molecule has 0 unspecified atom stereocenters. The third-order valence-electron chi connectivity index (χ3n) is 2.35. The molecule has 0 fully saturated rings. The van der Waals surface area contributed by atoms with Crippen molar-refractivity contribution in [3.8, 4) is 6.07 Å². The van der Waals surface area contributed by atoms with E-state index in [4.69, 9.17) is 10.4 Å². The quantitative estimate of drug-likeness (QED) is 0.635. The summed E-state index contributed by atoms with van der Waals surface area (Å²) in [5.41, 5.74) is 2.60. The topological polar surface area (TPSA) is 85.5 Å². The number of hydrazone groups is 1. The first-order chi connectivity index (χ1) is 8.70. The highest BCUT2D eigenvalue weighted by Crippen LogP contribution is 2.18. The summed E-state index contributed by atoms with van der Waals surface area (Å²) in [5, 5.41) is 22.8. The fraction of sp³-hybridized carbons (Fsp3) is 0. The number of aliphatic carboxylic acids is 1. The molecule has 0 saturated heterocycles. The summed E-state index contributed by atoms with van der Waals surface area (Å²) in [5.74, 6) is -1.36. The summed E-state index contributed by atoms with van der Waals surface area (Å²) in [6.07, 6.45) is 0. The minimum absolute atomic E-state index is 0.580. The Morgan fingerprint density at radius 2 is 1.94 bits per heavy atom. The first kappa shape index (κ1) is 11.6. The van der Waals surface area contributed by atoms with Crippen LogP contribution in [0, 0.1) is 11.3 Å². The zero-order valence-corrected chi connectivity index (χ0v) is 9.29. The first-order valence-corrected chi connectivity index (χ1v) is 5.16. The van der Waals surface area contributed by atoms with E-state index in [0.717, 1.165) is 10.8 Å². The number of nitrogens with one attached hydrogen (secondary N) is 1. The molecule has 18 heavy (non-hydrogen) atoms. The molecular weight excluding hydrogens is 230 g/mol. The number of benzene rings is 2. The van der Waals surface area contributed by atoms with Gasteiger partial charge in [0.05, 0.1) is 5.69 Å². The van der Waals surface area contributed by atoms with Gasteiger partial charge in [-0.3, -0.25) is 5.43 Å². The van der Waals surface area contributed by atoms with Crippen LogP contribution in [0.25, 0.3) is 10.8 Å². The van der Waals surface area contributed by atoms with E-state index in [-0.39, 0.29) is 0 Å². The summed E-state index contributed by atoms with van der Waals surface area (Å²) >= 11 is 0. The van der Waals surface area contributed by atoms with Gasteiger partial charge in [0.1, 0.15) is 6.07 Å². The molecule has 0 aromatic heterocycles. The second-order valence-electron chi connectivity index (χ2n) is 3.55. The van der Waals surface area contributed by atoms with Crippen molar-refractivity contribution in [1.29, 1.82) is 5.26 Å². The predicted octanol–water partition coefficient (Wildman–Crippen LogP) is 2.22. The summed E-state index contributed by atoms with van der Waals surface area (Å²) < 4.78 is 0. The van der Waals surface area contributed by atoms with E-state index in [0.29, 0.717) is 5.69 Å². The Balaban J connectivity index is 2.28. The van der Waals surface area contributed by atoms with Crippen LogP contribution in [0.4, 0.5) is 5.69 Å². The minimum atomic E-state index is -1.36. The molecule has 0 aliphatic heterocycles. The Hall–Kier alpha value is -2.87. The van der Waals surface area contributed by atoms with Crippen molar-refractivity contribution >= 4 is 28.1 Å². The van der Waals surface area contributed by atoms with Gasteiger partial charge in [0, 0.05) is 0 Å². The third-order valence-corrected chi connectivity index (χ3v) is 2.35. The number of hydrogen-bond acceptors (Lipinski definition) is 4. The number of nitriles is 1. The second kappa shape index (κ2) is 4.97. The van der Waals surface area contributed by atoms with Crippen LogP contribution < -0.4 is 5.43 Å². The lowest BCUT2D eigenvalue weighted by atomic mass is 10.1. The molecular formula is C13H9N3O2. The van der Waals surface area contributed by atoms with Gasteiger partial charge < -0.3 is 5.11 Å². The van der Waals surface area contributed by atoms with Gasteiger partial charge in [0.2, 0.25) is 5.71 Å². The molecule has 2 rings (SSSR count). The van der Waals surface area contributed by atoms with E-state index in [9.17, 15) is 4.79 Å². The number of nitrogens with zero attached hydrogens (tertiary/aromatic N) is 2. The lowest BCUT2D eigenvalue weighted by Gasteiger charge is -2.02. The van der Waals surface area contributed by atoms with Gasteiger partial charge in [-0.25, -0.2) is 4.79 Å². The average molecular weight is 239 g/mol. The number of carbonyl (C=O) groups is 1. The van der Waals surface area contributed by atoms with Crippen molar-refractivity contribution in [2.24, 2.45) is 5.10 Å². The smallest absolute Gasteiger partial charge is 0.367 e. The fourth-order valence-corrected chi connectivity index (χ4v) is 1.50. The van der Waals surface area contributed by atoms with Crippen LogP contribution in [0.5, 0.6) is 0 Å². The lowest BCUT2D eigenvalue weighted by molar-refractivity contribution is -0.129. The SMILES string of the molecule is N#C/C(=N\Nc1ccc2ccccc2c1)C(=O)O. The van der Waals surface area contributed by atoms with Gasteiger partial charge >= 0.3 is 5.97 Å². The monoisotopic (exact) mass is 239 g/mol. The average Bonchev–Trinajstić information content (AvgIpc) is 2.39. The molecule has 0 aliphatic rings. The van der Waals surface area contributed by atoms with Gasteiger partial charge in [-0.2, -0.15) is 10.4 Å². The van der Waals surface area contributed by atoms with Crippen LogP contribution in [0.2, 0.25) is 0 Å². The van der Waals surface area contributed by atoms with Gasteiger partial charge in [0.15, 0.2) is 0 Å². The number of hydrogen-bond donors (Lipinski definition) is 2. The molecule has 0 atom stereocenters. The predicted molar refractivity (Wildman–Crippen MR) is 68.3 cm³/mol. The van der Waals surface area contributed by atoms with Crippen molar-refractivity contribution in [3.63, 3.8) is 0 Å². The number of fused-ring (bicyclic) bond motifs is 1. The van der Waals surface area contributed by atoms with Crippen molar-refractivity contribution in [1.82, 2.24) is 0 Å². The summed E-state index contributed by atoms with van der Waals surface area (Å²) in [6, 6.07) is 14.7. The molecule has 0 radical (unpaired) electrons.